The summed E-state index contributed by atoms with van der Waals surface area (Å²) in [5, 5.41) is 0.561. The summed E-state index contributed by atoms with van der Waals surface area (Å²) in [6.07, 6.45) is 0. The third-order valence-corrected chi connectivity index (χ3v) is 1.06. The molecule has 50 valence electrons. The van der Waals surface area contributed by atoms with Gasteiger partial charge in [-0.2, -0.15) is 13.5 Å². The van der Waals surface area contributed by atoms with E-state index < -0.39 is 0 Å². The molecule has 0 fully saturated rings. The van der Waals surface area contributed by atoms with Gasteiger partial charge < -0.3 is 0 Å². The molecule has 0 N–H and O–H groups in total. The van der Waals surface area contributed by atoms with Crippen molar-refractivity contribution in [3.05, 3.63) is 35.1 Å². The van der Waals surface area contributed by atoms with Crippen molar-refractivity contribution in [3.63, 3.8) is 0 Å². The van der Waals surface area contributed by atoms with Gasteiger partial charge in [-0.15, -0.1) is 0 Å². The van der Waals surface area contributed by atoms with Crippen molar-refractivity contribution >= 4 is 25.1 Å². The molecular formula is C6H6ClFS. The minimum Gasteiger partial charge on any atom is -0.207 e. The molecule has 0 nitrogen and oxygen atoms in total. The molecule has 1 rings (SSSR count). The van der Waals surface area contributed by atoms with E-state index in [1.165, 1.54) is 24.3 Å². The lowest BCUT2D eigenvalue weighted by Gasteiger charge is -1.84. The van der Waals surface area contributed by atoms with Crippen molar-refractivity contribution in [2.75, 3.05) is 0 Å². The van der Waals surface area contributed by atoms with Gasteiger partial charge >= 0.3 is 0 Å². The van der Waals surface area contributed by atoms with Crippen LogP contribution in [0.2, 0.25) is 5.02 Å². The molecule has 0 spiro atoms. The molecule has 0 aliphatic heterocycles. The molecule has 0 aromatic heterocycles. The summed E-state index contributed by atoms with van der Waals surface area (Å²) in [5.41, 5.74) is 0. The van der Waals surface area contributed by atoms with E-state index in [2.05, 4.69) is 0 Å². The Morgan fingerprint density at radius 3 is 1.89 bits per heavy atom. The summed E-state index contributed by atoms with van der Waals surface area (Å²) in [7, 11) is 0. The lowest BCUT2D eigenvalue weighted by molar-refractivity contribution is 0.628. The van der Waals surface area contributed by atoms with Crippen molar-refractivity contribution in [2.45, 2.75) is 0 Å². The maximum Gasteiger partial charge on any atom is 0.123 e. The Bertz CT molecular complexity index is 152. The van der Waals surface area contributed by atoms with Gasteiger partial charge in [0.25, 0.3) is 0 Å². The predicted molar refractivity (Wildman–Crippen MR) is 41.8 cm³/mol. The molecule has 1 aromatic rings. The van der Waals surface area contributed by atoms with Gasteiger partial charge in [0.05, 0.1) is 0 Å². The number of rotatable bonds is 0. The Morgan fingerprint density at radius 1 is 1.11 bits per heavy atom. The fourth-order valence-corrected chi connectivity index (χ4v) is 0.556. The van der Waals surface area contributed by atoms with Crippen LogP contribution in [0.4, 0.5) is 4.39 Å². The minimum atomic E-state index is -0.255. The maximum absolute atomic E-state index is 12.0. The van der Waals surface area contributed by atoms with E-state index >= 15 is 0 Å². The summed E-state index contributed by atoms with van der Waals surface area (Å²) in [4.78, 5) is 0. The molecular weight excluding hydrogens is 159 g/mol. The molecule has 0 saturated carbocycles. The fraction of sp³-hybridized carbons (Fsp3) is 0. The smallest absolute Gasteiger partial charge is 0.123 e. The van der Waals surface area contributed by atoms with Gasteiger partial charge in [-0.3, -0.25) is 0 Å². The van der Waals surface area contributed by atoms with Gasteiger partial charge in [0.1, 0.15) is 5.82 Å². The molecule has 3 heteroatoms. The molecule has 0 bridgehead atoms. The van der Waals surface area contributed by atoms with Crippen LogP contribution in [-0.2, 0) is 0 Å². The summed E-state index contributed by atoms with van der Waals surface area (Å²) in [6.45, 7) is 0. The first-order valence-corrected chi connectivity index (χ1v) is 2.58. The van der Waals surface area contributed by atoms with Crippen LogP contribution in [0.3, 0.4) is 0 Å². The van der Waals surface area contributed by atoms with Crippen LogP contribution in [-0.4, -0.2) is 0 Å². The van der Waals surface area contributed by atoms with Crippen LogP contribution < -0.4 is 0 Å². The highest BCUT2D eigenvalue weighted by Gasteiger charge is 1.85. The molecule has 0 atom stereocenters. The molecule has 0 aliphatic rings. The summed E-state index contributed by atoms with van der Waals surface area (Å²) >= 11 is 5.44. The third kappa shape index (κ3) is 2.72. The Kier molecular flexibility index (Phi) is 3.66. The molecule has 0 heterocycles. The number of halogens is 2. The number of hydrogen-bond donors (Lipinski definition) is 0. The number of hydrogen-bond acceptors (Lipinski definition) is 0. The van der Waals surface area contributed by atoms with Gasteiger partial charge in [-0.05, 0) is 24.3 Å². The second-order valence-corrected chi connectivity index (χ2v) is 1.87. The van der Waals surface area contributed by atoms with E-state index in [4.69, 9.17) is 11.6 Å². The lowest BCUT2D eigenvalue weighted by Crippen LogP contribution is -1.67. The lowest BCUT2D eigenvalue weighted by atomic mass is 10.4. The molecule has 0 radical (unpaired) electrons. The quantitative estimate of drug-likeness (QED) is 0.553. The topological polar surface area (TPSA) is 0 Å². The molecule has 9 heavy (non-hydrogen) atoms. The van der Waals surface area contributed by atoms with E-state index in [0.29, 0.717) is 5.02 Å². The maximum atomic E-state index is 12.0. The summed E-state index contributed by atoms with van der Waals surface area (Å²) in [6, 6.07) is 5.67. The molecule has 1 aromatic carbocycles. The van der Waals surface area contributed by atoms with Gasteiger partial charge in [-0.1, -0.05) is 11.6 Å². The molecule has 0 saturated heterocycles. The average Bonchev–Trinajstić information content (AvgIpc) is 1.77. The van der Waals surface area contributed by atoms with Gasteiger partial charge in [0, 0.05) is 5.02 Å². The average molecular weight is 165 g/mol. The van der Waals surface area contributed by atoms with E-state index in [9.17, 15) is 4.39 Å². The van der Waals surface area contributed by atoms with E-state index in [0.717, 1.165) is 0 Å². The van der Waals surface area contributed by atoms with Crippen LogP contribution in [0.1, 0.15) is 0 Å². The molecule has 0 aliphatic carbocycles. The summed E-state index contributed by atoms with van der Waals surface area (Å²) < 4.78 is 12.0. The third-order valence-electron chi connectivity index (χ3n) is 0.804. The fourth-order valence-electron chi connectivity index (χ4n) is 0.430. The zero-order valence-electron chi connectivity index (χ0n) is 4.57. The monoisotopic (exact) mass is 164 g/mol. The highest BCUT2D eigenvalue weighted by molar-refractivity contribution is 7.59. The van der Waals surface area contributed by atoms with Crippen LogP contribution in [0.5, 0.6) is 0 Å². The Morgan fingerprint density at radius 2 is 1.56 bits per heavy atom. The van der Waals surface area contributed by atoms with E-state index in [-0.39, 0.29) is 19.3 Å². The first-order valence-electron chi connectivity index (χ1n) is 2.20. The van der Waals surface area contributed by atoms with Crippen molar-refractivity contribution in [3.8, 4) is 0 Å². The number of benzene rings is 1. The second-order valence-electron chi connectivity index (χ2n) is 1.44. The van der Waals surface area contributed by atoms with Crippen LogP contribution >= 0.6 is 25.1 Å². The van der Waals surface area contributed by atoms with Crippen molar-refractivity contribution in [1.29, 1.82) is 0 Å². The standard InChI is InChI=1S/C6H4ClF.H2S/c7-5-1-3-6(8)4-2-5;/h1-4H;1H2. The first-order chi connectivity index (χ1) is 3.79. The molecule has 0 amide bonds. The largest absolute Gasteiger partial charge is 0.207 e. The van der Waals surface area contributed by atoms with E-state index in [1.54, 1.807) is 0 Å². The van der Waals surface area contributed by atoms with Crippen molar-refractivity contribution in [1.82, 2.24) is 0 Å². The zero-order chi connectivity index (χ0) is 5.98. The first kappa shape index (κ1) is 8.79. The van der Waals surface area contributed by atoms with Crippen molar-refractivity contribution in [2.24, 2.45) is 0 Å². The normalized spacial score (nSPS) is 8.22. The second kappa shape index (κ2) is 3.75. The van der Waals surface area contributed by atoms with Gasteiger partial charge in [0.2, 0.25) is 0 Å². The summed E-state index contributed by atoms with van der Waals surface area (Å²) in [5.74, 6) is -0.255. The van der Waals surface area contributed by atoms with Crippen LogP contribution in [0.25, 0.3) is 0 Å². The van der Waals surface area contributed by atoms with Crippen molar-refractivity contribution < 1.29 is 4.39 Å². The van der Waals surface area contributed by atoms with Gasteiger partial charge in [0.15, 0.2) is 0 Å². The SMILES string of the molecule is Fc1ccc(Cl)cc1.S. The minimum absolute atomic E-state index is 0. The Labute approximate surface area is 65.1 Å². The Hall–Kier alpha value is -0.210. The van der Waals surface area contributed by atoms with E-state index in [1.807, 2.05) is 0 Å². The highest BCUT2D eigenvalue weighted by atomic mass is 35.5. The van der Waals surface area contributed by atoms with Gasteiger partial charge in [-0.25, -0.2) is 4.39 Å². The molecule has 0 unspecified atom stereocenters. The predicted octanol–water partition coefficient (Wildman–Crippen LogP) is 2.59. The highest BCUT2D eigenvalue weighted by Crippen LogP contribution is 2.07. The van der Waals surface area contributed by atoms with Crippen LogP contribution in [0, 0.1) is 5.82 Å². The van der Waals surface area contributed by atoms with Crippen LogP contribution in [0.15, 0.2) is 24.3 Å². The Balaban J connectivity index is 0.000000640. The zero-order valence-corrected chi connectivity index (χ0v) is 6.32.